The summed E-state index contributed by atoms with van der Waals surface area (Å²) in [6.07, 6.45) is 2.39. The average molecular weight is 486 g/mol. The molecule has 4 aromatic rings. The molecule has 8 nitrogen and oxygen atoms in total. The maximum Gasteiger partial charge on any atom is 0.303 e. The van der Waals surface area contributed by atoms with Gasteiger partial charge in [-0.2, -0.15) is 4.98 Å². The molecule has 36 heavy (non-hydrogen) atoms. The summed E-state index contributed by atoms with van der Waals surface area (Å²) in [5.74, 6) is -0.691. The zero-order valence-electron chi connectivity index (χ0n) is 19.6. The molecule has 0 aliphatic rings. The molecule has 0 radical (unpaired) electrons. The number of hydrogen-bond acceptors (Lipinski definition) is 6. The third kappa shape index (κ3) is 6.96. The zero-order valence-corrected chi connectivity index (χ0v) is 19.6. The average Bonchev–Trinajstić information content (AvgIpc) is 3.24. The number of ether oxygens (including phenoxy) is 1. The number of benzene rings is 3. The van der Waals surface area contributed by atoms with E-state index in [1.807, 2.05) is 42.5 Å². The molecule has 0 bridgehead atoms. The number of carboxylic acids is 1. The van der Waals surface area contributed by atoms with E-state index in [0.717, 1.165) is 11.3 Å². The van der Waals surface area contributed by atoms with Gasteiger partial charge in [0.25, 0.3) is 6.01 Å². The number of amides is 1. The summed E-state index contributed by atoms with van der Waals surface area (Å²) in [7, 11) is 0. The second-order valence-corrected chi connectivity index (χ2v) is 8.36. The Hall–Kier alpha value is -4.59. The first kappa shape index (κ1) is 24.5. The number of allylic oxidation sites excluding steroid dienone is 1. The fourth-order valence-corrected chi connectivity index (χ4v) is 3.74. The van der Waals surface area contributed by atoms with E-state index in [-0.39, 0.29) is 31.3 Å². The predicted molar refractivity (Wildman–Crippen MR) is 139 cm³/mol. The van der Waals surface area contributed by atoms with Crippen LogP contribution in [0, 0.1) is 5.92 Å². The summed E-state index contributed by atoms with van der Waals surface area (Å²) >= 11 is 0. The van der Waals surface area contributed by atoms with Crippen LogP contribution in [0.25, 0.3) is 11.1 Å². The lowest BCUT2D eigenvalue weighted by Gasteiger charge is -2.15. The van der Waals surface area contributed by atoms with Crippen LogP contribution in [0.4, 0.5) is 17.4 Å². The van der Waals surface area contributed by atoms with E-state index < -0.39 is 5.97 Å². The van der Waals surface area contributed by atoms with Gasteiger partial charge in [0.1, 0.15) is 11.3 Å². The van der Waals surface area contributed by atoms with Crippen molar-refractivity contribution in [2.75, 3.05) is 17.2 Å². The largest absolute Gasteiger partial charge is 0.493 e. The number of fused-ring (bicyclic) bond motifs is 1. The van der Waals surface area contributed by atoms with Crippen molar-refractivity contribution >= 4 is 40.4 Å². The summed E-state index contributed by atoms with van der Waals surface area (Å²) < 4.78 is 11.6. The fourth-order valence-electron chi connectivity index (χ4n) is 3.74. The Labute approximate surface area is 208 Å². The van der Waals surface area contributed by atoms with Gasteiger partial charge in [-0.25, -0.2) is 0 Å². The Kier molecular flexibility index (Phi) is 7.97. The maximum atomic E-state index is 12.7. The van der Waals surface area contributed by atoms with Crippen molar-refractivity contribution < 1.29 is 23.8 Å². The number of anilines is 3. The Morgan fingerprint density at radius 3 is 2.64 bits per heavy atom. The van der Waals surface area contributed by atoms with Crippen molar-refractivity contribution in [1.82, 2.24) is 4.98 Å². The van der Waals surface area contributed by atoms with E-state index in [0.29, 0.717) is 35.0 Å². The molecule has 4 rings (SSSR count). The number of nitrogens with one attached hydrogen (secondary N) is 2. The second-order valence-electron chi connectivity index (χ2n) is 8.36. The molecule has 184 valence electrons. The zero-order chi connectivity index (χ0) is 25.3. The maximum absolute atomic E-state index is 12.7. The van der Waals surface area contributed by atoms with Crippen LogP contribution in [0.5, 0.6) is 5.75 Å². The number of hydrogen-bond donors (Lipinski definition) is 3. The summed E-state index contributed by atoms with van der Waals surface area (Å²) in [5, 5.41) is 15.0. The molecule has 1 amide bonds. The molecule has 0 aliphatic carbocycles. The molecule has 3 N–H and O–H groups in total. The van der Waals surface area contributed by atoms with Crippen molar-refractivity contribution in [2.24, 2.45) is 5.92 Å². The Bertz CT molecular complexity index is 1350. The standard InChI is InChI=1S/C28H27N3O5/c1-2-7-20(16-27(33)34)18-35-23-11-6-10-22(17-23)29-26(32)15-19-12-13-24-25(14-19)36-28(31-24)30-21-8-4-3-5-9-21/h2-6,8-14,17,20H,1,7,15-16,18H2,(H,29,32)(H,30,31)(H,33,34)/t20-/m0/s1. The number of aliphatic carboxylic acids is 1. The number of para-hydroxylation sites is 1. The smallest absolute Gasteiger partial charge is 0.303 e. The highest BCUT2D eigenvalue weighted by molar-refractivity contribution is 5.93. The number of rotatable bonds is 12. The van der Waals surface area contributed by atoms with Crippen LogP contribution in [0.2, 0.25) is 0 Å². The normalized spacial score (nSPS) is 11.6. The van der Waals surface area contributed by atoms with E-state index in [2.05, 4.69) is 22.2 Å². The van der Waals surface area contributed by atoms with E-state index in [9.17, 15) is 9.59 Å². The van der Waals surface area contributed by atoms with E-state index >= 15 is 0 Å². The highest BCUT2D eigenvalue weighted by Gasteiger charge is 2.14. The molecule has 0 spiro atoms. The van der Waals surface area contributed by atoms with Gasteiger partial charge >= 0.3 is 5.97 Å². The molecule has 0 saturated heterocycles. The van der Waals surface area contributed by atoms with Crippen molar-refractivity contribution in [3.8, 4) is 5.75 Å². The van der Waals surface area contributed by atoms with Crippen molar-refractivity contribution in [1.29, 1.82) is 0 Å². The molecule has 3 aromatic carbocycles. The van der Waals surface area contributed by atoms with Crippen LogP contribution in [0.3, 0.4) is 0 Å². The number of aromatic nitrogens is 1. The van der Waals surface area contributed by atoms with E-state index in [1.54, 1.807) is 36.4 Å². The van der Waals surface area contributed by atoms with Gasteiger partial charge in [-0.15, -0.1) is 6.58 Å². The van der Waals surface area contributed by atoms with Gasteiger partial charge in [-0.05, 0) is 48.4 Å². The number of nitrogens with zero attached hydrogens (tertiary/aromatic N) is 1. The first-order chi connectivity index (χ1) is 17.5. The minimum Gasteiger partial charge on any atom is -0.493 e. The molecule has 1 atom stereocenters. The number of carbonyl (C=O) groups is 2. The van der Waals surface area contributed by atoms with Gasteiger partial charge in [-0.3, -0.25) is 9.59 Å². The van der Waals surface area contributed by atoms with Crippen molar-refractivity contribution in [2.45, 2.75) is 19.3 Å². The molecule has 0 saturated carbocycles. The summed E-state index contributed by atoms with van der Waals surface area (Å²) in [5.41, 5.74) is 3.53. The van der Waals surface area contributed by atoms with Gasteiger partial charge in [-0.1, -0.05) is 36.4 Å². The Morgan fingerprint density at radius 2 is 1.86 bits per heavy atom. The number of oxazole rings is 1. The molecule has 0 unspecified atom stereocenters. The van der Waals surface area contributed by atoms with Crippen LogP contribution < -0.4 is 15.4 Å². The Balaban J connectivity index is 1.35. The highest BCUT2D eigenvalue weighted by Crippen LogP contribution is 2.24. The fraction of sp³-hybridized carbons (Fsp3) is 0.179. The van der Waals surface area contributed by atoms with Crippen LogP contribution in [-0.4, -0.2) is 28.6 Å². The lowest BCUT2D eigenvalue weighted by Crippen LogP contribution is -2.16. The van der Waals surface area contributed by atoms with Crippen molar-refractivity contribution in [3.63, 3.8) is 0 Å². The van der Waals surface area contributed by atoms with Crippen LogP contribution in [0.1, 0.15) is 18.4 Å². The van der Waals surface area contributed by atoms with Crippen molar-refractivity contribution in [3.05, 3.63) is 91.0 Å². The third-order valence-electron chi connectivity index (χ3n) is 5.41. The Morgan fingerprint density at radius 1 is 1.06 bits per heavy atom. The minimum atomic E-state index is -0.876. The van der Waals surface area contributed by atoms with Crippen LogP contribution >= 0.6 is 0 Å². The van der Waals surface area contributed by atoms with Gasteiger partial charge in [0, 0.05) is 23.4 Å². The molecule has 8 heteroatoms. The monoisotopic (exact) mass is 485 g/mol. The molecular formula is C28H27N3O5. The quantitative estimate of drug-likeness (QED) is 0.217. The SMILES string of the molecule is C=CC[C@H](COc1cccc(NC(=O)Cc2ccc3nc(Nc4ccccc4)oc3c2)c1)CC(=O)O. The molecule has 0 aliphatic heterocycles. The topological polar surface area (TPSA) is 114 Å². The van der Waals surface area contributed by atoms with Crippen LogP contribution in [0.15, 0.2) is 89.9 Å². The third-order valence-corrected chi connectivity index (χ3v) is 5.41. The first-order valence-corrected chi connectivity index (χ1v) is 11.6. The molecule has 1 aromatic heterocycles. The summed E-state index contributed by atoms with van der Waals surface area (Å²) in [6, 6.07) is 22.5. The molecule has 1 heterocycles. The van der Waals surface area contributed by atoms with Crippen LogP contribution in [-0.2, 0) is 16.0 Å². The molecular weight excluding hydrogens is 458 g/mol. The number of carboxylic acid groups (broad SMARTS) is 1. The van der Waals surface area contributed by atoms with Gasteiger partial charge in [0.2, 0.25) is 5.91 Å². The predicted octanol–water partition coefficient (Wildman–Crippen LogP) is 5.80. The first-order valence-electron chi connectivity index (χ1n) is 11.6. The second kappa shape index (κ2) is 11.7. The van der Waals surface area contributed by atoms with Gasteiger partial charge in [0.05, 0.1) is 19.4 Å². The van der Waals surface area contributed by atoms with E-state index in [1.165, 1.54) is 0 Å². The lowest BCUT2D eigenvalue weighted by molar-refractivity contribution is -0.138. The lowest BCUT2D eigenvalue weighted by atomic mass is 10.0. The summed E-state index contributed by atoms with van der Waals surface area (Å²) in [6.45, 7) is 3.91. The minimum absolute atomic E-state index is 0.00178. The van der Waals surface area contributed by atoms with Gasteiger partial charge < -0.3 is 24.9 Å². The molecule has 0 fully saturated rings. The highest BCUT2D eigenvalue weighted by atomic mass is 16.5. The number of carbonyl (C=O) groups excluding carboxylic acids is 1. The van der Waals surface area contributed by atoms with E-state index in [4.69, 9.17) is 14.3 Å². The summed E-state index contributed by atoms with van der Waals surface area (Å²) in [4.78, 5) is 28.1. The van der Waals surface area contributed by atoms with Gasteiger partial charge in [0.15, 0.2) is 5.58 Å².